The number of carbonyl (C=O) groups is 2. The van der Waals surface area contributed by atoms with E-state index in [1.165, 1.54) is 0 Å². The van der Waals surface area contributed by atoms with Crippen molar-refractivity contribution in [3.8, 4) is 0 Å². The molecule has 0 aliphatic rings. The van der Waals surface area contributed by atoms with E-state index < -0.39 is 9.84 Å². The van der Waals surface area contributed by atoms with E-state index >= 15 is 0 Å². The van der Waals surface area contributed by atoms with Crippen molar-refractivity contribution in [1.82, 2.24) is 5.32 Å². The quantitative estimate of drug-likeness (QED) is 0.813. The van der Waals surface area contributed by atoms with Crippen LogP contribution in [0, 0.1) is 0 Å². The van der Waals surface area contributed by atoms with E-state index in [9.17, 15) is 18.0 Å². The highest BCUT2D eigenvalue weighted by atomic mass is 32.2. The highest BCUT2D eigenvalue weighted by Gasteiger charge is 2.08. The first-order valence-electron chi connectivity index (χ1n) is 6.17. The number of hydrogen-bond acceptors (Lipinski definition) is 4. The Morgan fingerprint density at radius 2 is 1.95 bits per heavy atom. The number of sulfone groups is 1. The molecule has 110 valence electrons. The number of anilines is 1. The van der Waals surface area contributed by atoms with Gasteiger partial charge in [0, 0.05) is 30.5 Å². The van der Waals surface area contributed by atoms with Gasteiger partial charge in [0.1, 0.15) is 9.84 Å². The fraction of sp³-hybridized carbons (Fsp3) is 0.385. The van der Waals surface area contributed by atoms with Crippen molar-refractivity contribution >= 4 is 27.3 Å². The molecule has 0 saturated carbocycles. The van der Waals surface area contributed by atoms with Crippen LogP contribution < -0.4 is 10.6 Å². The Labute approximate surface area is 118 Å². The van der Waals surface area contributed by atoms with Gasteiger partial charge in [-0.25, -0.2) is 8.42 Å². The summed E-state index contributed by atoms with van der Waals surface area (Å²) in [7, 11) is -3.10. The molecule has 0 bridgehead atoms. The van der Waals surface area contributed by atoms with Crippen LogP contribution in [0.5, 0.6) is 0 Å². The summed E-state index contributed by atoms with van der Waals surface area (Å²) in [5, 5.41) is 5.17. The monoisotopic (exact) mass is 298 g/mol. The first kappa shape index (κ1) is 16.2. The zero-order chi connectivity index (χ0) is 15.2. The fourth-order valence-electron chi connectivity index (χ4n) is 1.44. The average Bonchev–Trinajstić information content (AvgIpc) is 2.37. The lowest BCUT2D eigenvalue weighted by atomic mass is 10.2. The van der Waals surface area contributed by atoms with Crippen molar-refractivity contribution in [2.75, 3.05) is 23.9 Å². The van der Waals surface area contributed by atoms with E-state index in [2.05, 4.69) is 10.6 Å². The van der Waals surface area contributed by atoms with Gasteiger partial charge < -0.3 is 10.6 Å². The largest absolute Gasteiger partial charge is 0.351 e. The second-order valence-corrected chi connectivity index (χ2v) is 6.63. The first-order valence-corrected chi connectivity index (χ1v) is 8.23. The number of benzene rings is 1. The van der Waals surface area contributed by atoms with E-state index in [0.717, 1.165) is 6.26 Å². The van der Waals surface area contributed by atoms with Crippen molar-refractivity contribution in [2.45, 2.75) is 13.3 Å². The van der Waals surface area contributed by atoms with Crippen LogP contribution in [0.1, 0.15) is 23.7 Å². The van der Waals surface area contributed by atoms with Crippen LogP contribution in [0.25, 0.3) is 0 Å². The van der Waals surface area contributed by atoms with Crippen molar-refractivity contribution in [3.63, 3.8) is 0 Å². The predicted octanol–water partition coefficient (Wildman–Crippen LogP) is 0.810. The molecule has 1 rings (SSSR count). The Morgan fingerprint density at radius 1 is 1.25 bits per heavy atom. The molecule has 2 N–H and O–H groups in total. The Hall–Kier alpha value is -1.89. The van der Waals surface area contributed by atoms with Gasteiger partial charge in [-0.3, -0.25) is 9.59 Å². The highest BCUT2D eigenvalue weighted by molar-refractivity contribution is 7.90. The standard InChI is InChI=1S/C13H18N2O4S/c1-3-12(16)15-11-6-4-5-10(9-11)13(17)14-7-8-20(2,18)19/h4-6,9H,3,7-8H2,1-2H3,(H,14,17)(H,15,16). The Morgan fingerprint density at radius 3 is 2.55 bits per heavy atom. The van der Waals surface area contributed by atoms with Crippen molar-refractivity contribution in [1.29, 1.82) is 0 Å². The Bertz CT molecular complexity index is 596. The lowest BCUT2D eigenvalue weighted by Gasteiger charge is -2.07. The number of carbonyl (C=O) groups excluding carboxylic acids is 2. The van der Waals surface area contributed by atoms with E-state index in [4.69, 9.17) is 0 Å². The zero-order valence-corrected chi connectivity index (χ0v) is 12.3. The molecule has 7 heteroatoms. The van der Waals surface area contributed by atoms with Gasteiger partial charge in [0.15, 0.2) is 0 Å². The third kappa shape index (κ3) is 5.83. The third-order valence-corrected chi connectivity index (χ3v) is 3.43. The number of hydrogen-bond donors (Lipinski definition) is 2. The van der Waals surface area contributed by atoms with Crippen LogP contribution >= 0.6 is 0 Å². The molecular weight excluding hydrogens is 280 g/mol. The Kier molecular flexibility index (Phi) is 5.69. The fourth-order valence-corrected chi connectivity index (χ4v) is 1.91. The second-order valence-electron chi connectivity index (χ2n) is 4.37. The average molecular weight is 298 g/mol. The maximum Gasteiger partial charge on any atom is 0.251 e. The van der Waals surface area contributed by atoms with E-state index in [1.54, 1.807) is 31.2 Å². The van der Waals surface area contributed by atoms with Crippen LogP contribution in [0.3, 0.4) is 0 Å². The van der Waals surface area contributed by atoms with Gasteiger partial charge in [-0.15, -0.1) is 0 Å². The minimum absolute atomic E-state index is 0.0587. The summed E-state index contributed by atoms with van der Waals surface area (Å²) in [5.41, 5.74) is 0.903. The molecule has 1 aromatic rings. The van der Waals surface area contributed by atoms with Gasteiger partial charge in [0.25, 0.3) is 5.91 Å². The number of amides is 2. The first-order chi connectivity index (χ1) is 9.31. The predicted molar refractivity (Wildman–Crippen MR) is 77.4 cm³/mol. The van der Waals surface area contributed by atoms with Gasteiger partial charge in [0.2, 0.25) is 5.91 Å². The topological polar surface area (TPSA) is 92.3 Å². The van der Waals surface area contributed by atoms with Crippen molar-refractivity contribution in [3.05, 3.63) is 29.8 Å². The van der Waals surface area contributed by atoms with E-state index in [-0.39, 0.29) is 24.1 Å². The van der Waals surface area contributed by atoms with Gasteiger partial charge in [0.05, 0.1) is 5.75 Å². The maximum atomic E-state index is 11.8. The molecule has 20 heavy (non-hydrogen) atoms. The number of rotatable bonds is 6. The zero-order valence-electron chi connectivity index (χ0n) is 11.5. The van der Waals surface area contributed by atoms with Crippen LogP contribution in [0.4, 0.5) is 5.69 Å². The molecule has 0 unspecified atom stereocenters. The normalized spacial score (nSPS) is 10.9. The van der Waals surface area contributed by atoms with Crippen LogP contribution in [-0.4, -0.2) is 38.8 Å². The summed E-state index contributed by atoms with van der Waals surface area (Å²) >= 11 is 0. The van der Waals surface area contributed by atoms with Gasteiger partial charge in [-0.05, 0) is 18.2 Å². The van der Waals surface area contributed by atoms with Crippen LogP contribution in [0.2, 0.25) is 0 Å². The molecule has 0 aliphatic heterocycles. The van der Waals surface area contributed by atoms with E-state index in [0.29, 0.717) is 17.7 Å². The molecule has 0 saturated heterocycles. The maximum absolute atomic E-state index is 11.8. The van der Waals surface area contributed by atoms with Gasteiger partial charge in [-0.1, -0.05) is 13.0 Å². The van der Waals surface area contributed by atoms with Crippen molar-refractivity contribution < 1.29 is 18.0 Å². The molecule has 0 aromatic heterocycles. The molecule has 0 heterocycles. The summed E-state index contributed by atoms with van der Waals surface area (Å²) in [6.07, 6.45) is 1.46. The molecule has 6 nitrogen and oxygen atoms in total. The minimum atomic E-state index is -3.10. The van der Waals surface area contributed by atoms with Crippen LogP contribution in [0.15, 0.2) is 24.3 Å². The van der Waals surface area contributed by atoms with Crippen molar-refractivity contribution in [2.24, 2.45) is 0 Å². The molecule has 0 aliphatic carbocycles. The molecule has 0 fully saturated rings. The lowest BCUT2D eigenvalue weighted by Crippen LogP contribution is -2.28. The number of nitrogens with one attached hydrogen (secondary N) is 2. The minimum Gasteiger partial charge on any atom is -0.351 e. The smallest absolute Gasteiger partial charge is 0.251 e. The summed E-state index contributed by atoms with van der Waals surface area (Å²) in [6, 6.07) is 6.47. The molecular formula is C13H18N2O4S. The van der Waals surface area contributed by atoms with Gasteiger partial charge >= 0.3 is 0 Å². The Balaban J connectivity index is 2.64. The molecule has 2 amide bonds. The van der Waals surface area contributed by atoms with Crippen LogP contribution in [-0.2, 0) is 14.6 Å². The SMILES string of the molecule is CCC(=O)Nc1cccc(C(=O)NCCS(C)(=O)=O)c1. The third-order valence-electron chi connectivity index (χ3n) is 2.49. The summed E-state index contributed by atoms with van der Waals surface area (Å²) in [5.74, 6) is -0.619. The molecule has 1 aromatic carbocycles. The van der Waals surface area contributed by atoms with E-state index in [1.807, 2.05) is 0 Å². The summed E-state index contributed by atoms with van der Waals surface area (Å²) in [4.78, 5) is 23.1. The molecule has 0 atom stereocenters. The summed E-state index contributed by atoms with van der Waals surface area (Å²) in [6.45, 7) is 1.79. The second kappa shape index (κ2) is 7.04. The summed E-state index contributed by atoms with van der Waals surface area (Å²) < 4.78 is 21.9. The molecule has 0 radical (unpaired) electrons. The lowest BCUT2D eigenvalue weighted by molar-refractivity contribution is -0.115. The van der Waals surface area contributed by atoms with Gasteiger partial charge in [-0.2, -0.15) is 0 Å². The highest BCUT2D eigenvalue weighted by Crippen LogP contribution is 2.10. The molecule has 0 spiro atoms.